The summed E-state index contributed by atoms with van der Waals surface area (Å²) in [4.78, 5) is 0. The summed E-state index contributed by atoms with van der Waals surface area (Å²) >= 11 is 3.75. The summed E-state index contributed by atoms with van der Waals surface area (Å²) in [6.45, 7) is 8.78. The Morgan fingerprint density at radius 1 is 0.706 bits per heavy atom. The van der Waals surface area contributed by atoms with Crippen molar-refractivity contribution in [3.63, 3.8) is 0 Å². The Morgan fingerprint density at radius 3 is 1.82 bits per heavy atom. The summed E-state index contributed by atoms with van der Waals surface area (Å²) in [5, 5.41) is 0. The molecule has 0 aromatic heterocycles. The molecule has 0 N–H and O–H groups in total. The van der Waals surface area contributed by atoms with E-state index in [0.29, 0.717) is 0 Å². The lowest BCUT2D eigenvalue weighted by Crippen LogP contribution is -1.97. The maximum absolute atomic E-state index is 3.75. The molecule has 17 heavy (non-hydrogen) atoms. The van der Waals surface area contributed by atoms with Crippen LogP contribution >= 0.6 is 15.9 Å². The van der Waals surface area contributed by atoms with Crippen LogP contribution in [-0.4, -0.2) is 0 Å². The Morgan fingerprint density at radius 2 is 1.24 bits per heavy atom. The molecule has 2 rings (SSSR count). The molecule has 0 radical (unpaired) electrons. The third-order valence-electron chi connectivity index (χ3n) is 3.67. The normalized spacial score (nSPS) is 10.6. The maximum Gasteiger partial charge on any atom is 0.0288 e. The third-order valence-corrected chi connectivity index (χ3v) is 4.66. The molecule has 0 fully saturated rings. The van der Waals surface area contributed by atoms with E-state index in [1.165, 1.54) is 37.9 Å². The molecule has 88 valence electrons. The van der Waals surface area contributed by atoms with Gasteiger partial charge in [0.25, 0.3) is 0 Å². The van der Waals surface area contributed by atoms with Gasteiger partial charge in [-0.1, -0.05) is 30.3 Å². The number of rotatable bonds is 1. The molecule has 0 saturated carbocycles. The topological polar surface area (TPSA) is 0 Å². The minimum atomic E-state index is 1.23. The fraction of sp³-hybridized carbons (Fsp3) is 0.250. The fourth-order valence-corrected chi connectivity index (χ4v) is 3.04. The molecule has 0 nitrogen and oxygen atoms in total. The van der Waals surface area contributed by atoms with Crippen molar-refractivity contribution in [2.75, 3.05) is 0 Å². The summed E-state index contributed by atoms with van der Waals surface area (Å²) in [5.41, 5.74) is 8.09. The van der Waals surface area contributed by atoms with Crippen LogP contribution in [0.3, 0.4) is 0 Å². The second-order valence-corrected chi connectivity index (χ2v) is 5.35. The van der Waals surface area contributed by atoms with Crippen LogP contribution in [0.25, 0.3) is 11.1 Å². The van der Waals surface area contributed by atoms with Crippen LogP contribution in [-0.2, 0) is 0 Å². The zero-order valence-electron chi connectivity index (χ0n) is 10.8. The second kappa shape index (κ2) is 4.66. The largest absolute Gasteiger partial charge is 0.0622 e. The monoisotopic (exact) mass is 288 g/mol. The molecule has 2 aromatic carbocycles. The van der Waals surface area contributed by atoms with Crippen molar-refractivity contribution >= 4 is 15.9 Å². The summed E-state index contributed by atoms with van der Waals surface area (Å²) in [7, 11) is 0. The average Bonchev–Trinajstić information content (AvgIpc) is 2.36. The highest BCUT2D eigenvalue weighted by molar-refractivity contribution is 9.10. The second-order valence-electron chi connectivity index (χ2n) is 4.56. The summed E-state index contributed by atoms with van der Waals surface area (Å²) in [6.07, 6.45) is 0. The van der Waals surface area contributed by atoms with Crippen LogP contribution in [0.5, 0.6) is 0 Å². The van der Waals surface area contributed by atoms with Gasteiger partial charge in [0.1, 0.15) is 0 Å². The van der Waals surface area contributed by atoms with E-state index in [4.69, 9.17) is 0 Å². The van der Waals surface area contributed by atoms with Crippen LogP contribution in [0.4, 0.5) is 0 Å². The molecule has 0 bridgehead atoms. The molecule has 0 spiro atoms. The van der Waals surface area contributed by atoms with Gasteiger partial charge < -0.3 is 0 Å². The molecule has 0 aliphatic heterocycles. The van der Waals surface area contributed by atoms with E-state index in [1.54, 1.807) is 0 Å². The van der Waals surface area contributed by atoms with Gasteiger partial charge in [-0.2, -0.15) is 0 Å². The van der Waals surface area contributed by atoms with Crippen LogP contribution < -0.4 is 0 Å². The van der Waals surface area contributed by atoms with Gasteiger partial charge in [0, 0.05) is 4.47 Å². The first-order chi connectivity index (χ1) is 8.04. The minimum Gasteiger partial charge on any atom is -0.0622 e. The maximum atomic E-state index is 3.75. The molecule has 2 aromatic rings. The Labute approximate surface area is 112 Å². The Bertz CT molecular complexity index is 524. The van der Waals surface area contributed by atoms with Crippen molar-refractivity contribution in [1.82, 2.24) is 0 Å². The smallest absolute Gasteiger partial charge is 0.0288 e. The Kier molecular flexibility index (Phi) is 3.39. The lowest BCUT2D eigenvalue weighted by Gasteiger charge is -2.17. The molecular weight excluding hydrogens is 272 g/mol. The molecule has 0 atom stereocenters. The first-order valence-corrected chi connectivity index (χ1v) is 6.64. The van der Waals surface area contributed by atoms with Crippen LogP contribution in [0.15, 0.2) is 34.8 Å². The number of benzene rings is 2. The molecule has 1 heteroatoms. The van der Waals surface area contributed by atoms with Crippen molar-refractivity contribution in [1.29, 1.82) is 0 Å². The predicted molar refractivity (Wildman–Crippen MR) is 78.5 cm³/mol. The van der Waals surface area contributed by atoms with Crippen molar-refractivity contribution in [2.24, 2.45) is 0 Å². The van der Waals surface area contributed by atoms with E-state index in [9.17, 15) is 0 Å². The molecule has 0 unspecified atom stereocenters. The van der Waals surface area contributed by atoms with E-state index >= 15 is 0 Å². The molecule has 0 aliphatic carbocycles. The number of hydrogen-bond donors (Lipinski definition) is 0. The summed E-state index contributed by atoms with van der Waals surface area (Å²) in [6, 6.07) is 10.6. The van der Waals surface area contributed by atoms with Gasteiger partial charge in [0.2, 0.25) is 0 Å². The van der Waals surface area contributed by atoms with E-state index in [0.717, 1.165) is 0 Å². The molecule has 0 amide bonds. The SMILES string of the molecule is Cc1c(C)c(C)c(-c2ccccc2)c(Br)c1C. The average molecular weight is 289 g/mol. The molecular formula is C16H17Br. The molecule has 0 heterocycles. The van der Waals surface area contributed by atoms with Crippen LogP contribution in [0, 0.1) is 27.7 Å². The quantitative estimate of drug-likeness (QED) is 0.664. The highest BCUT2D eigenvalue weighted by Crippen LogP contribution is 2.37. The van der Waals surface area contributed by atoms with Gasteiger partial charge in [0.05, 0.1) is 0 Å². The van der Waals surface area contributed by atoms with Crippen molar-refractivity contribution < 1.29 is 0 Å². The number of halogens is 1. The van der Waals surface area contributed by atoms with Crippen molar-refractivity contribution in [3.8, 4) is 11.1 Å². The zero-order valence-corrected chi connectivity index (χ0v) is 12.4. The highest BCUT2D eigenvalue weighted by atomic mass is 79.9. The van der Waals surface area contributed by atoms with E-state index in [-0.39, 0.29) is 0 Å². The Hall–Kier alpha value is -1.08. The number of hydrogen-bond acceptors (Lipinski definition) is 0. The van der Waals surface area contributed by atoms with Gasteiger partial charge in [-0.3, -0.25) is 0 Å². The standard InChI is InChI=1S/C16H17Br/c1-10-11(2)13(4)16(17)15(12(10)3)14-8-6-5-7-9-14/h5-9H,1-4H3. The van der Waals surface area contributed by atoms with Crippen LogP contribution in [0.1, 0.15) is 22.3 Å². The van der Waals surface area contributed by atoms with Gasteiger partial charge >= 0.3 is 0 Å². The highest BCUT2D eigenvalue weighted by Gasteiger charge is 2.14. The summed E-state index contributed by atoms with van der Waals surface area (Å²) in [5.74, 6) is 0. The lowest BCUT2D eigenvalue weighted by molar-refractivity contribution is 1.20. The van der Waals surface area contributed by atoms with Gasteiger partial charge in [-0.15, -0.1) is 0 Å². The van der Waals surface area contributed by atoms with Gasteiger partial charge in [-0.25, -0.2) is 0 Å². The van der Waals surface area contributed by atoms with Crippen molar-refractivity contribution in [3.05, 3.63) is 57.1 Å². The summed E-state index contributed by atoms with van der Waals surface area (Å²) < 4.78 is 1.23. The zero-order chi connectivity index (χ0) is 12.6. The third kappa shape index (κ3) is 2.04. The van der Waals surface area contributed by atoms with E-state index in [1.807, 2.05) is 0 Å². The van der Waals surface area contributed by atoms with Gasteiger partial charge in [0.15, 0.2) is 0 Å². The molecule has 0 saturated heterocycles. The molecule has 0 aliphatic rings. The van der Waals surface area contributed by atoms with Crippen molar-refractivity contribution in [2.45, 2.75) is 27.7 Å². The predicted octanol–water partition coefficient (Wildman–Crippen LogP) is 5.35. The Balaban J connectivity index is 2.80. The minimum absolute atomic E-state index is 1.23. The first-order valence-electron chi connectivity index (χ1n) is 5.85. The first kappa shape index (κ1) is 12.4. The van der Waals surface area contributed by atoms with E-state index < -0.39 is 0 Å². The van der Waals surface area contributed by atoms with Gasteiger partial charge in [-0.05, 0) is 77.0 Å². The fourth-order valence-electron chi connectivity index (χ4n) is 2.21. The van der Waals surface area contributed by atoms with E-state index in [2.05, 4.69) is 74.0 Å². The lowest BCUT2D eigenvalue weighted by atomic mass is 9.91. The van der Waals surface area contributed by atoms with Crippen LogP contribution in [0.2, 0.25) is 0 Å².